The number of rotatable bonds is 3. The van der Waals surface area contributed by atoms with Crippen molar-refractivity contribution in [2.24, 2.45) is 0 Å². The zero-order valence-corrected chi connectivity index (χ0v) is 10.8. The number of hydrogen-bond donors (Lipinski definition) is 1. The summed E-state index contributed by atoms with van der Waals surface area (Å²) in [6.07, 6.45) is 0. The number of benzene rings is 2. The molecule has 2 N–H and O–H groups in total. The van der Waals surface area contributed by atoms with E-state index in [1.54, 1.807) is 18.2 Å². The smallest absolute Gasteiger partial charge is 0.231 e. The predicted octanol–water partition coefficient (Wildman–Crippen LogP) is 3.23. The van der Waals surface area contributed by atoms with Gasteiger partial charge >= 0.3 is 0 Å². The molecule has 1 aliphatic heterocycles. The van der Waals surface area contributed by atoms with E-state index in [0.717, 1.165) is 11.3 Å². The number of ether oxygens (including phenoxy) is 3. The van der Waals surface area contributed by atoms with E-state index in [0.29, 0.717) is 28.8 Å². The first-order valence-corrected chi connectivity index (χ1v) is 6.16. The molecule has 0 spiro atoms. The highest BCUT2D eigenvalue weighted by Gasteiger charge is 2.13. The molecule has 0 unspecified atom stereocenters. The normalized spacial score (nSPS) is 12.5. The molecule has 0 radical (unpaired) electrons. The summed E-state index contributed by atoms with van der Waals surface area (Å²) in [4.78, 5) is 0. The minimum absolute atomic E-state index is 0.253. The summed E-state index contributed by atoms with van der Waals surface area (Å²) in [7, 11) is 0. The van der Waals surface area contributed by atoms with E-state index in [9.17, 15) is 0 Å². The van der Waals surface area contributed by atoms with Crippen LogP contribution in [0, 0.1) is 0 Å². The van der Waals surface area contributed by atoms with Gasteiger partial charge in [0.15, 0.2) is 11.5 Å². The third-order valence-corrected chi connectivity index (χ3v) is 3.17. The molecule has 4 nitrogen and oxygen atoms in total. The number of nitrogens with two attached hydrogens (primary N) is 1. The molecule has 1 aliphatic rings. The fourth-order valence-electron chi connectivity index (χ4n) is 1.81. The number of anilines is 1. The number of nitrogen functional groups attached to an aromatic ring is 1. The third kappa shape index (κ3) is 2.53. The second-order valence-corrected chi connectivity index (χ2v) is 4.56. The summed E-state index contributed by atoms with van der Waals surface area (Å²) in [5.41, 5.74) is 7.16. The van der Waals surface area contributed by atoms with Gasteiger partial charge < -0.3 is 19.9 Å². The predicted molar refractivity (Wildman–Crippen MR) is 72.8 cm³/mol. The fraction of sp³-hybridized carbons (Fsp3) is 0.143. The van der Waals surface area contributed by atoms with Crippen molar-refractivity contribution in [3.8, 4) is 17.2 Å². The van der Waals surface area contributed by atoms with Crippen molar-refractivity contribution in [3.05, 3.63) is 47.0 Å². The minimum Gasteiger partial charge on any atom is -0.489 e. The molecule has 0 saturated heterocycles. The van der Waals surface area contributed by atoms with Crippen LogP contribution in [0.3, 0.4) is 0 Å². The van der Waals surface area contributed by atoms with E-state index < -0.39 is 0 Å². The molecule has 0 fully saturated rings. The van der Waals surface area contributed by atoms with Crippen LogP contribution in [0.4, 0.5) is 5.69 Å². The Hall–Kier alpha value is -2.07. The summed E-state index contributed by atoms with van der Waals surface area (Å²) in [5, 5.41) is 0.598. The van der Waals surface area contributed by atoms with Crippen LogP contribution in [0.25, 0.3) is 0 Å². The Morgan fingerprint density at radius 1 is 1.11 bits per heavy atom. The van der Waals surface area contributed by atoms with Crippen LogP contribution >= 0.6 is 11.6 Å². The van der Waals surface area contributed by atoms with Gasteiger partial charge in [0, 0.05) is 22.3 Å². The number of halogens is 1. The summed E-state index contributed by atoms with van der Waals surface area (Å²) in [6.45, 7) is 0.626. The summed E-state index contributed by atoms with van der Waals surface area (Å²) in [6, 6.07) is 10.8. The van der Waals surface area contributed by atoms with Crippen molar-refractivity contribution in [1.82, 2.24) is 0 Å². The molecule has 98 valence electrons. The highest BCUT2D eigenvalue weighted by molar-refractivity contribution is 6.31. The van der Waals surface area contributed by atoms with Gasteiger partial charge in [-0.05, 0) is 24.3 Å². The van der Waals surface area contributed by atoms with E-state index >= 15 is 0 Å². The highest BCUT2D eigenvalue weighted by Crippen LogP contribution is 2.35. The highest BCUT2D eigenvalue weighted by atomic mass is 35.5. The molecule has 19 heavy (non-hydrogen) atoms. The Morgan fingerprint density at radius 3 is 2.79 bits per heavy atom. The average Bonchev–Trinajstić information content (AvgIpc) is 2.85. The van der Waals surface area contributed by atoms with Gasteiger partial charge in [-0.1, -0.05) is 17.7 Å². The van der Waals surface area contributed by atoms with Crippen LogP contribution in [0.5, 0.6) is 17.2 Å². The lowest BCUT2D eigenvalue weighted by molar-refractivity contribution is 0.173. The van der Waals surface area contributed by atoms with Gasteiger partial charge in [0.2, 0.25) is 6.79 Å². The first kappa shape index (κ1) is 12.0. The molecule has 3 rings (SSSR count). The van der Waals surface area contributed by atoms with Gasteiger partial charge in [0.1, 0.15) is 12.4 Å². The first-order valence-electron chi connectivity index (χ1n) is 5.79. The minimum atomic E-state index is 0.253. The largest absolute Gasteiger partial charge is 0.489 e. The molecular formula is C14H12ClNO3. The van der Waals surface area contributed by atoms with E-state index in [1.807, 2.05) is 18.2 Å². The second kappa shape index (κ2) is 4.90. The van der Waals surface area contributed by atoms with Crippen molar-refractivity contribution in [3.63, 3.8) is 0 Å². The fourth-order valence-corrected chi connectivity index (χ4v) is 2.05. The van der Waals surface area contributed by atoms with Gasteiger partial charge in [-0.15, -0.1) is 0 Å². The Morgan fingerprint density at radius 2 is 1.95 bits per heavy atom. The van der Waals surface area contributed by atoms with Crippen molar-refractivity contribution in [2.75, 3.05) is 12.5 Å². The number of fused-ring (bicyclic) bond motifs is 1. The molecule has 0 amide bonds. The van der Waals surface area contributed by atoms with Gasteiger partial charge in [0.25, 0.3) is 0 Å². The molecule has 2 aromatic carbocycles. The number of hydrogen-bond acceptors (Lipinski definition) is 4. The van der Waals surface area contributed by atoms with E-state index in [2.05, 4.69) is 0 Å². The lowest BCUT2D eigenvalue weighted by Crippen LogP contribution is -1.97. The van der Waals surface area contributed by atoms with Gasteiger partial charge in [-0.25, -0.2) is 0 Å². The van der Waals surface area contributed by atoms with Crippen molar-refractivity contribution >= 4 is 17.3 Å². The Balaban J connectivity index is 1.72. The maximum absolute atomic E-state index is 6.08. The molecule has 1 heterocycles. The van der Waals surface area contributed by atoms with Gasteiger partial charge in [-0.3, -0.25) is 0 Å². The average molecular weight is 278 g/mol. The van der Waals surface area contributed by atoms with Crippen LogP contribution in [-0.2, 0) is 6.61 Å². The standard InChI is InChI=1S/C14H12ClNO3/c15-12-5-10(16)2-1-9(12)7-17-11-3-4-13-14(6-11)19-8-18-13/h1-6H,7-8,16H2. The van der Waals surface area contributed by atoms with E-state index in [-0.39, 0.29) is 6.79 Å². The molecule has 5 heteroatoms. The quantitative estimate of drug-likeness (QED) is 0.875. The zero-order chi connectivity index (χ0) is 13.2. The molecule has 0 saturated carbocycles. The van der Waals surface area contributed by atoms with Crippen LogP contribution in [-0.4, -0.2) is 6.79 Å². The monoisotopic (exact) mass is 277 g/mol. The molecular weight excluding hydrogens is 266 g/mol. The maximum atomic E-state index is 6.08. The van der Waals surface area contributed by atoms with Crippen molar-refractivity contribution in [2.45, 2.75) is 6.61 Å². The van der Waals surface area contributed by atoms with Crippen LogP contribution in [0.15, 0.2) is 36.4 Å². The van der Waals surface area contributed by atoms with Gasteiger partial charge in [0.05, 0.1) is 0 Å². The maximum Gasteiger partial charge on any atom is 0.231 e. The first-order chi connectivity index (χ1) is 9.22. The van der Waals surface area contributed by atoms with Crippen LogP contribution in [0.2, 0.25) is 5.02 Å². The van der Waals surface area contributed by atoms with Crippen molar-refractivity contribution < 1.29 is 14.2 Å². The lowest BCUT2D eigenvalue weighted by Gasteiger charge is -2.09. The van der Waals surface area contributed by atoms with Gasteiger partial charge in [-0.2, -0.15) is 0 Å². The molecule has 0 aromatic heterocycles. The lowest BCUT2D eigenvalue weighted by atomic mass is 10.2. The zero-order valence-electron chi connectivity index (χ0n) is 10.1. The van der Waals surface area contributed by atoms with E-state index in [1.165, 1.54) is 0 Å². The van der Waals surface area contributed by atoms with Crippen molar-refractivity contribution in [1.29, 1.82) is 0 Å². The Labute approximate surface area is 115 Å². The van der Waals surface area contributed by atoms with E-state index in [4.69, 9.17) is 31.5 Å². The summed E-state index contributed by atoms with van der Waals surface area (Å²) < 4.78 is 16.2. The molecule has 0 aliphatic carbocycles. The Kier molecular flexibility index (Phi) is 3.09. The summed E-state index contributed by atoms with van der Waals surface area (Å²) in [5.74, 6) is 2.14. The SMILES string of the molecule is Nc1ccc(COc2ccc3c(c2)OCO3)c(Cl)c1. The Bertz CT molecular complexity index is 616. The summed E-state index contributed by atoms with van der Waals surface area (Å²) >= 11 is 6.08. The topological polar surface area (TPSA) is 53.7 Å². The van der Waals surface area contributed by atoms with Crippen LogP contribution < -0.4 is 19.9 Å². The third-order valence-electron chi connectivity index (χ3n) is 2.82. The van der Waals surface area contributed by atoms with Crippen LogP contribution in [0.1, 0.15) is 5.56 Å². The molecule has 2 aromatic rings. The second-order valence-electron chi connectivity index (χ2n) is 4.15. The molecule has 0 atom stereocenters. The molecule has 0 bridgehead atoms.